The molecule has 1 spiro atoms. The number of fused-ring (bicyclic) bond motifs is 1. The third-order valence-electron chi connectivity index (χ3n) is 8.69. The number of rotatable bonds is 9. The number of hydrogen-bond acceptors (Lipinski definition) is 9. The molecule has 4 N–H and O–H groups in total. The zero-order valence-electron chi connectivity index (χ0n) is 24.6. The normalized spacial score (nSPS) is 17.8. The lowest BCUT2D eigenvalue weighted by atomic mass is 9.88. The highest BCUT2D eigenvalue weighted by Crippen LogP contribution is 2.33. The van der Waals surface area contributed by atoms with Crippen molar-refractivity contribution in [2.75, 3.05) is 45.9 Å². The summed E-state index contributed by atoms with van der Waals surface area (Å²) in [5.74, 6) is 0.296. The Bertz CT molecular complexity index is 1690. The van der Waals surface area contributed by atoms with Crippen LogP contribution in [0.5, 0.6) is 5.75 Å². The number of likely N-dealkylation sites (tertiary alicyclic amines) is 1. The van der Waals surface area contributed by atoms with Gasteiger partial charge < -0.3 is 34.6 Å². The SMILES string of the molecule is Cc1occc1C(=O)N1CCOC2(CCN(Cc3cc(F)cc(CCNC[C@H](O)c4ccc(O)c5[nH]c(=O)sc45)c3)CC2)C1. The van der Waals surface area contributed by atoms with Crippen LogP contribution in [0.2, 0.25) is 0 Å². The fraction of sp³-hybridized carbons (Fsp3) is 0.438. The molecule has 2 aliphatic heterocycles. The molecule has 0 saturated carbocycles. The molecule has 2 fully saturated rings. The lowest BCUT2D eigenvalue weighted by Crippen LogP contribution is -2.57. The number of carbonyl (C=O) groups is 1. The molecule has 234 valence electrons. The summed E-state index contributed by atoms with van der Waals surface area (Å²) in [6.45, 7) is 6.40. The third kappa shape index (κ3) is 6.59. The molecule has 0 radical (unpaired) electrons. The molecule has 4 aromatic rings. The van der Waals surface area contributed by atoms with E-state index in [4.69, 9.17) is 9.15 Å². The second kappa shape index (κ2) is 12.8. The Balaban J connectivity index is 0.995. The molecule has 12 heteroatoms. The number of halogens is 1. The van der Waals surface area contributed by atoms with E-state index >= 15 is 0 Å². The lowest BCUT2D eigenvalue weighted by Gasteiger charge is -2.47. The van der Waals surface area contributed by atoms with Crippen molar-refractivity contribution in [2.45, 2.75) is 44.4 Å². The number of phenolic OH excluding ortho intramolecular Hbond substituents is 1. The number of aromatic nitrogens is 1. The number of amides is 1. The first-order chi connectivity index (χ1) is 21.2. The highest BCUT2D eigenvalue weighted by Gasteiger charge is 2.41. The maximum Gasteiger partial charge on any atom is 0.305 e. The molecule has 0 aliphatic carbocycles. The Morgan fingerprint density at radius 3 is 2.75 bits per heavy atom. The molecule has 1 atom stereocenters. The van der Waals surface area contributed by atoms with Gasteiger partial charge in [0.25, 0.3) is 5.91 Å². The number of aromatic amines is 1. The van der Waals surface area contributed by atoms with E-state index in [0.29, 0.717) is 66.3 Å². The van der Waals surface area contributed by atoms with Crippen molar-refractivity contribution >= 4 is 27.5 Å². The maximum atomic E-state index is 14.6. The van der Waals surface area contributed by atoms with Gasteiger partial charge in [0.1, 0.15) is 22.8 Å². The van der Waals surface area contributed by atoms with Crippen LogP contribution in [-0.2, 0) is 17.7 Å². The van der Waals surface area contributed by atoms with E-state index in [2.05, 4.69) is 15.2 Å². The number of benzene rings is 2. The number of piperidine rings is 1. The number of aromatic hydroxyl groups is 1. The Hall–Kier alpha value is -3.55. The summed E-state index contributed by atoms with van der Waals surface area (Å²) in [7, 11) is 0. The summed E-state index contributed by atoms with van der Waals surface area (Å²) in [5.41, 5.74) is 2.90. The van der Waals surface area contributed by atoms with Gasteiger partial charge in [0.2, 0.25) is 0 Å². The maximum absolute atomic E-state index is 14.6. The molecule has 2 saturated heterocycles. The van der Waals surface area contributed by atoms with Crippen molar-refractivity contribution in [3.05, 3.63) is 86.2 Å². The summed E-state index contributed by atoms with van der Waals surface area (Å²) in [6, 6.07) is 9.94. The highest BCUT2D eigenvalue weighted by atomic mass is 32.1. The zero-order chi connectivity index (χ0) is 30.8. The number of aryl methyl sites for hydroxylation is 1. The number of hydrogen-bond donors (Lipinski definition) is 4. The fourth-order valence-electron chi connectivity index (χ4n) is 6.31. The van der Waals surface area contributed by atoms with Gasteiger partial charge in [-0.3, -0.25) is 14.5 Å². The standard InChI is InChI=1S/C32H37FN4O6S/c1-20-24(5-12-42-20)30(40)37-11-13-43-32(19-37)6-9-36(10-7-32)18-22-14-21(15-23(33)16-22)4-8-34-17-27(39)25-2-3-26(38)28-29(25)44-31(41)35-28/h2-3,5,12,14-16,27,34,38-39H,4,6-11,13,17-19H2,1H3,(H,35,41)/t27-/m0/s1. The first kappa shape index (κ1) is 30.5. The van der Waals surface area contributed by atoms with E-state index in [1.807, 2.05) is 11.0 Å². The minimum atomic E-state index is -0.872. The summed E-state index contributed by atoms with van der Waals surface area (Å²) in [6.07, 6.45) is 2.84. The number of ether oxygens (including phenoxy) is 1. The number of carbonyl (C=O) groups excluding carboxylic acids is 1. The number of nitrogens with zero attached hydrogens (tertiary/aromatic N) is 2. The number of aliphatic hydroxyl groups is 1. The monoisotopic (exact) mass is 624 g/mol. The number of thiazole rings is 1. The van der Waals surface area contributed by atoms with Crippen LogP contribution < -0.4 is 10.2 Å². The number of aliphatic hydroxyl groups excluding tert-OH is 1. The molecule has 0 bridgehead atoms. The third-order valence-corrected chi connectivity index (χ3v) is 9.62. The number of morpholine rings is 1. The zero-order valence-corrected chi connectivity index (χ0v) is 25.4. The van der Waals surface area contributed by atoms with Crippen LogP contribution in [0, 0.1) is 12.7 Å². The number of nitrogens with one attached hydrogen (secondary N) is 2. The summed E-state index contributed by atoms with van der Waals surface area (Å²) in [4.78, 5) is 31.3. The van der Waals surface area contributed by atoms with Gasteiger partial charge in [0.15, 0.2) is 0 Å². The summed E-state index contributed by atoms with van der Waals surface area (Å²) >= 11 is 0.952. The number of H-pyrrole nitrogens is 1. The van der Waals surface area contributed by atoms with Gasteiger partial charge in [0.05, 0.1) is 41.4 Å². The molecule has 0 unspecified atom stereocenters. The van der Waals surface area contributed by atoms with Gasteiger partial charge in [-0.1, -0.05) is 23.5 Å². The van der Waals surface area contributed by atoms with Crippen LogP contribution in [0.15, 0.2) is 51.9 Å². The van der Waals surface area contributed by atoms with Crippen molar-refractivity contribution < 1.29 is 28.6 Å². The van der Waals surface area contributed by atoms with Crippen LogP contribution in [0.25, 0.3) is 10.2 Å². The van der Waals surface area contributed by atoms with E-state index in [1.165, 1.54) is 12.1 Å². The molecule has 2 aliphatic rings. The van der Waals surface area contributed by atoms with E-state index in [-0.39, 0.29) is 34.5 Å². The van der Waals surface area contributed by atoms with E-state index < -0.39 is 6.10 Å². The minimum Gasteiger partial charge on any atom is -0.506 e. The van der Waals surface area contributed by atoms with Crippen LogP contribution in [0.1, 0.15) is 51.8 Å². The summed E-state index contributed by atoms with van der Waals surface area (Å²) < 4.78 is 26.7. The second-order valence-electron chi connectivity index (χ2n) is 11.8. The van der Waals surface area contributed by atoms with Crippen LogP contribution >= 0.6 is 11.3 Å². The van der Waals surface area contributed by atoms with Crippen LogP contribution in [0.3, 0.4) is 0 Å². The predicted octanol–water partition coefficient (Wildman–Crippen LogP) is 3.71. The van der Waals surface area contributed by atoms with E-state index in [1.54, 1.807) is 31.4 Å². The molecule has 2 aromatic heterocycles. The summed E-state index contributed by atoms with van der Waals surface area (Å²) in [5, 5.41) is 23.9. The highest BCUT2D eigenvalue weighted by molar-refractivity contribution is 7.16. The molecule has 4 heterocycles. The van der Waals surface area contributed by atoms with Gasteiger partial charge in [-0.05, 0) is 68.1 Å². The predicted molar refractivity (Wildman–Crippen MR) is 165 cm³/mol. The Morgan fingerprint density at radius 1 is 1.18 bits per heavy atom. The Morgan fingerprint density at radius 2 is 1.98 bits per heavy atom. The van der Waals surface area contributed by atoms with Crippen molar-refractivity contribution in [3.63, 3.8) is 0 Å². The molecule has 6 rings (SSSR count). The first-order valence-electron chi connectivity index (χ1n) is 14.9. The topological polar surface area (TPSA) is 131 Å². The smallest absolute Gasteiger partial charge is 0.305 e. The molecule has 10 nitrogen and oxygen atoms in total. The largest absolute Gasteiger partial charge is 0.506 e. The van der Waals surface area contributed by atoms with E-state index in [0.717, 1.165) is 48.4 Å². The molecule has 2 aromatic carbocycles. The van der Waals surface area contributed by atoms with Crippen molar-refractivity contribution in [2.24, 2.45) is 0 Å². The Kier molecular flexibility index (Phi) is 8.88. The Labute approximate surface area is 258 Å². The number of phenols is 1. The quantitative estimate of drug-likeness (QED) is 0.208. The van der Waals surface area contributed by atoms with Gasteiger partial charge in [-0.2, -0.15) is 0 Å². The average molecular weight is 625 g/mol. The lowest BCUT2D eigenvalue weighted by molar-refractivity contribution is -0.128. The number of furan rings is 1. The van der Waals surface area contributed by atoms with Gasteiger partial charge >= 0.3 is 4.87 Å². The van der Waals surface area contributed by atoms with Crippen LogP contribution in [-0.4, -0.2) is 82.4 Å². The minimum absolute atomic E-state index is 0.0192. The second-order valence-corrected chi connectivity index (χ2v) is 12.7. The van der Waals surface area contributed by atoms with Crippen LogP contribution in [0.4, 0.5) is 4.39 Å². The van der Waals surface area contributed by atoms with Gasteiger partial charge in [-0.15, -0.1) is 0 Å². The first-order valence-corrected chi connectivity index (χ1v) is 15.7. The van der Waals surface area contributed by atoms with Crippen molar-refractivity contribution in [1.29, 1.82) is 0 Å². The average Bonchev–Trinajstić information content (AvgIpc) is 3.61. The fourth-order valence-corrected chi connectivity index (χ4v) is 7.23. The van der Waals surface area contributed by atoms with Gasteiger partial charge in [-0.25, -0.2) is 4.39 Å². The van der Waals surface area contributed by atoms with Crippen molar-refractivity contribution in [3.8, 4) is 5.75 Å². The van der Waals surface area contributed by atoms with Gasteiger partial charge in [0, 0.05) is 38.3 Å². The van der Waals surface area contributed by atoms with Crippen molar-refractivity contribution in [1.82, 2.24) is 20.1 Å². The molecular weight excluding hydrogens is 587 g/mol. The van der Waals surface area contributed by atoms with E-state index in [9.17, 15) is 24.2 Å². The molecule has 1 amide bonds. The molecular formula is C32H37FN4O6S. The molecule has 44 heavy (non-hydrogen) atoms.